The Morgan fingerprint density at radius 2 is 1.83 bits per heavy atom. The van der Waals surface area contributed by atoms with Crippen molar-refractivity contribution in [2.24, 2.45) is 0 Å². The van der Waals surface area contributed by atoms with E-state index in [4.69, 9.17) is 5.11 Å². The molecule has 0 aliphatic heterocycles. The van der Waals surface area contributed by atoms with Gasteiger partial charge in [0.05, 0.1) is 5.56 Å². The number of aliphatic carboxylic acids is 1. The van der Waals surface area contributed by atoms with Gasteiger partial charge in [-0.25, -0.2) is 4.79 Å². The number of anilines is 1. The van der Waals surface area contributed by atoms with Gasteiger partial charge in [-0.2, -0.15) is 18.3 Å². The SMILES string of the molecule is O=C(O)/C=C/C(=O)Nc1n[nH]c(C(F)(F)F)c1-c1ccccc1. The molecule has 0 saturated heterocycles. The van der Waals surface area contributed by atoms with Crippen LogP contribution in [0, 0.1) is 0 Å². The fraction of sp³-hybridized carbons (Fsp3) is 0.0714. The van der Waals surface area contributed by atoms with Crippen molar-refractivity contribution in [2.45, 2.75) is 6.18 Å². The van der Waals surface area contributed by atoms with Crippen molar-refractivity contribution < 1.29 is 27.9 Å². The number of hydrogen-bond donors (Lipinski definition) is 3. The lowest BCUT2D eigenvalue weighted by atomic mass is 10.1. The third-order valence-corrected chi connectivity index (χ3v) is 2.73. The molecule has 0 saturated carbocycles. The lowest BCUT2D eigenvalue weighted by molar-refractivity contribution is -0.140. The quantitative estimate of drug-likeness (QED) is 0.753. The van der Waals surface area contributed by atoms with Crippen molar-refractivity contribution in [3.63, 3.8) is 0 Å². The normalized spacial score (nSPS) is 11.6. The minimum Gasteiger partial charge on any atom is -0.478 e. The third kappa shape index (κ3) is 3.96. The molecule has 9 heteroatoms. The number of nitrogens with one attached hydrogen (secondary N) is 2. The molecule has 0 aliphatic carbocycles. The van der Waals surface area contributed by atoms with Gasteiger partial charge in [0, 0.05) is 12.2 Å². The highest BCUT2D eigenvalue weighted by Gasteiger charge is 2.38. The number of nitrogens with zero attached hydrogens (tertiary/aromatic N) is 1. The Morgan fingerprint density at radius 3 is 2.39 bits per heavy atom. The van der Waals surface area contributed by atoms with Crippen LogP contribution in [0.25, 0.3) is 11.1 Å². The van der Waals surface area contributed by atoms with Gasteiger partial charge in [-0.15, -0.1) is 0 Å². The van der Waals surface area contributed by atoms with Crippen LogP contribution < -0.4 is 5.32 Å². The molecule has 0 bridgehead atoms. The molecule has 2 rings (SSSR count). The molecule has 23 heavy (non-hydrogen) atoms. The van der Waals surface area contributed by atoms with Crippen LogP contribution >= 0.6 is 0 Å². The largest absolute Gasteiger partial charge is 0.478 e. The number of carbonyl (C=O) groups is 2. The maximum absolute atomic E-state index is 13.1. The second kappa shape index (κ2) is 6.34. The second-order valence-electron chi connectivity index (χ2n) is 4.35. The predicted octanol–water partition coefficient (Wildman–Crippen LogP) is 2.67. The summed E-state index contributed by atoms with van der Waals surface area (Å²) in [4.78, 5) is 21.9. The zero-order valence-corrected chi connectivity index (χ0v) is 11.4. The molecule has 1 aromatic heterocycles. The molecule has 0 unspecified atom stereocenters. The summed E-state index contributed by atoms with van der Waals surface area (Å²) in [6, 6.07) is 7.58. The first-order valence-electron chi connectivity index (χ1n) is 6.22. The van der Waals surface area contributed by atoms with E-state index in [2.05, 4.69) is 10.4 Å². The number of halogens is 3. The van der Waals surface area contributed by atoms with E-state index in [9.17, 15) is 22.8 Å². The van der Waals surface area contributed by atoms with E-state index in [1.165, 1.54) is 12.1 Å². The first-order chi connectivity index (χ1) is 10.8. The molecular formula is C14H10F3N3O3. The average molecular weight is 325 g/mol. The van der Waals surface area contributed by atoms with Gasteiger partial charge >= 0.3 is 12.1 Å². The van der Waals surface area contributed by atoms with E-state index in [0.29, 0.717) is 12.2 Å². The first-order valence-corrected chi connectivity index (χ1v) is 6.22. The molecule has 1 heterocycles. The van der Waals surface area contributed by atoms with Gasteiger partial charge in [-0.3, -0.25) is 9.89 Å². The lowest BCUT2D eigenvalue weighted by Crippen LogP contribution is -2.11. The minimum atomic E-state index is -4.70. The predicted molar refractivity (Wildman–Crippen MR) is 74.4 cm³/mol. The fourth-order valence-corrected chi connectivity index (χ4v) is 1.83. The Kier molecular flexibility index (Phi) is 4.49. The van der Waals surface area contributed by atoms with Gasteiger partial charge in [0.15, 0.2) is 5.82 Å². The molecule has 2 aromatic rings. The summed E-state index contributed by atoms with van der Waals surface area (Å²) in [7, 11) is 0. The summed E-state index contributed by atoms with van der Waals surface area (Å²) in [6.45, 7) is 0. The van der Waals surface area contributed by atoms with E-state index in [1.807, 2.05) is 5.10 Å². The maximum atomic E-state index is 13.1. The van der Waals surface area contributed by atoms with E-state index >= 15 is 0 Å². The number of hydrogen-bond acceptors (Lipinski definition) is 3. The van der Waals surface area contributed by atoms with E-state index in [-0.39, 0.29) is 16.9 Å². The van der Waals surface area contributed by atoms with Crippen LogP contribution in [-0.4, -0.2) is 27.2 Å². The molecule has 0 radical (unpaired) electrons. The van der Waals surface area contributed by atoms with Gasteiger partial charge in [0.1, 0.15) is 5.69 Å². The number of rotatable bonds is 4. The molecule has 0 aliphatic rings. The Labute approximate surface area is 127 Å². The van der Waals surface area contributed by atoms with Crippen molar-refractivity contribution in [3.8, 4) is 11.1 Å². The van der Waals surface area contributed by atoms with Crippen molar-refractivity contribution in [2.75, 3.05) is 5.32 Å². The molecule has 120 valence electrons. The minimum absolute atomic E-state index is 0.200. The Hall–Kier alpha value is -3.10. The molecule has 0 fully saturated rings. The number of aromatic nitrogens is 2. The van der Waals surface area contributed by atoms with Crippen LogP contribution in [0.3, 0.4) is 0 Å². The molecule has 1 aromatic carbocycles. The second-order valence-corrected chi connectivity index (χ2v) is 4.35. The van der Waals surface area contributed by atoms with Crippen LogP contribution in [0.2, 0.25) is 0 Å². The molecule has 1 amide bonds. The monoisotopic (exact) mass is 325 g/mol. The number of aromatic amines is 1. The maximum Gasteiger partial charge on any atom is 0.433 e. The van der Waals surface area contributed by atoms with Crippen LogP contribution in [0.1, 0.15) is 5.69 Å². The molecule has 0 atom stereocenters. The Balaban J connectivity index is 2.43. The summed E-state index contributed by atoms with van der Waals surface area (Å²) in [5.74, 6) is -2.62. The van der Waals surface area contributed by atoms with Gasteiger partial charge in [0.25, 0.3) is 0 Å². The molecule has 3 N–H and O–H groups in total. The molecule has 6 nitrogen and oxygen atoms in total. The summed E-state index contributed by atoms with van der Waals surface area (Å²) in [5.41, 5.74) is -1.23. The highest BCUT2D eigenvalue weighted by atomic mass is 19.4. The number of H-pyrrole nitrogens is 1. The Morgan fingerprint density at radius 1 is 1.17 bits per heavy atom. The zero-order chi connectivity index (χ0) is 17.0. The van der Waals surface area contributed by atoms with Crippen LogP contribution in [0.15, 0.2) is 42.5 Å². The summed E-state index contributed by atoms with van der Waals surface area (Å²) < 4.78 is 39.2. The van der Waals surface area contributed by atoms with Crippen molar-refractivity contribution in [1.29, 1.82) is 0 Å². The number of carboxylic acid groups (broad SMARTS) is 1. The number of amides is 1. The highest BCUT2D eigenvalue weighted by molar-refractivity contribution is 6.03. The Bertz CT molecular complexity index is 752. The van der Waals surface area contributed by atoms with Gasteiger partial charge in [-0.1, -0.05) is 30.3 Å². The number of benzene rings is 1. The summed E-state index contributed by atoms with van der Waals surface area (Å²) >= 11 is 0. The van der Waals surface area contributed by atoms with Crippen LogP contribution in [0.5, 0.6) is 0 Å². The number of carboxylic acids is 1. The fourth-order valence-electron chi connectivity index (χ4n) is 1.83. The standard InChI is InChI=1S/C14H10F3N3O3/c15-14(16,17)12-11(8-4-2-1-3-5-8)13(20-19-12)18-9(21)6-7-10(22)23/h1-7H,(H,22,23)(H2,18,19,20,21)/b7-6+. The molecule has 0 spiro atoms. The van der Waals surface area contributed by atoms with Crippen LogP contribution in [0.4, 0.5) is 19.0 Å². The zero-order valence-electron chi connectivity index (χ0n) is 11.4. The summed E-state index contributed by atoms with van der Waals surface area (Å²) in [5, 5.41) is 15.9. The van der Waals surface area contributed by atoms with Crippen molar-refractivity contribution in [3.05, 3.63) is 48.2 Å². The number of carbonyl (C=O) groups excluding carboxylic acids is 1. The van der Waals surface area contributed by atoms with Crippen LogP contribution in [-0.2, 0) is 15.8 Å². The van der Waals surface area contributed by atoms with E-state index in [0.717, 1.165) is 0 Å². The average Bonchev–Trinajstić information content (AvgIpc) is 2.89. The topological polar surface area (TPSA) is 95.1 Å². The van der Waals surface area contributed by atoms with Crippen molar-refractivity contribution in [1.82, 2.24) is 10.2 Å². The van der Waals surface area contributed by atoms with Gasteiger partial charge in [-0.05, 0) is 5.56 Å². The third-order valence-electron chi connectivity index (χ3n) is 2.73. The first kappa shape index (κ1) is 16.3. The van der Waals surface area contributed by atoms with Gasteiger partial charge < -0.3 is 10.4 Å². The van der Waals surface area contributed by atoms with Crippen molar-refractivity contribution >= 4 is 17.7 Å². The summed E-state index contributed by atoms with van der Waals surface area (Å²) in [6.07, 6.45) is -3.45. The highest BCUT2D eigenvalue weighted by Crippen LogP contribution is 2.39. The lowest BCUT2D eigenvalue weighted by Gasteiger charge is -2.09. The molecular weight excluding hydrogens is 315 g/mol. The van der Waals surface area contributed by atoms with Gasteiger partial charge in [0.2, 0.25) is 5.91 Å². The van der Waals surface area contributed by atoms with E-state index < -0.39 is 23.7 Å². The van der Waals surface area contributed by atoms with E-state index in [1.54, 1.807) is 18.2 Å². The number of alkyl halides is 3. The smallest absolute Gasteiger partial charge is 0.433 e.